The fraction of sp³-hybridized carbons (Fsp3) is 0.500. The summed E-state index contributed by atoms with van der Waals surface area (Å²) in [5, 5.41) is 3.30. The van der Waals surface area contributed by atoms with Crippen LogP contribution in [-0.4, -0.2) is 20.2 Å². The van der Waals surface area contributed by atoms with Crippen molar-refractivity contribution in [1.82, 2.24) is 5.32 Å². The second kappa shape index (κ2) is 6.30. The smallest absolute Gasteiger partial charge is 0.141 e. The highest BCUT2D eigenvalue weighted by Crippen LogP contribution is 2.22. The Kier molecular flexibility index (Phi) is 4.98. The van der Waals surface area contributed by atoms with E-state index in [0.29, 0.717) is 0 Å². The lowest BCUT2D eigenvalue weighted by molar-refractivity contribution is 0.417. The third-order valence-corrected chi connectivity index (χ3v) is 2.36. The first-order valence-corrected chi connectivity index (χ1v) is 5.41. The minimum absolute atomic E-state index is 0.721. The van der Waals surface area contributed by atoms with Crippen LogP contribution in [0.1, 0.15) is 18.9 Å². The Morgan fingerprint density at radius 2 is 2.20 bits per heavy atom. The zero-order chi connectivity index (χ0) is 11.1. The van der Waals surface area contributed by atoms with Gasteiger partial charge in [-0.15, -0.1) is 0 Å². The summed E-state index contributed by atoms with van der Waals surface area (Å²) in [5.74, 6) is 0.755. The highest BCUT2D eigenvalue weighted by atomic mass is 16.5. The van der Waals surface area contributed by atoms with Crippen molar-refractivity contribution in [3.63, 3.8) is 0 Å². The summed E-state index contributed by atoms with van der Waals surface area (Å²) in [6.45, 7) is 4.21. The SMILES string of the molecule is CCNCCCc1ccc(OC)c(N)c1. The van der Waals surface area contributed by atoms with E-state index < -0.39 is 0 Å². The molecule has 0 amide bonds. The normalized spacial score (nSPS) is 10.3. The maximum absolute atomic E-state index is 5.82. The monoisotopic (exact) mass is 208 g/mol. The van der Waals surface area contributed by atoms with Crippen LogP contribution in [0, 0.1) is 0 Å². The topological polar surface area (TPSA) is 47.3 Å². The quantitative estimate of drug-likeness (QED) is 0.554. The molecule has 1 rings (SSSR count). The molecule has 15 heavy (non-hydrogen) atoms. The summed E-state index contributed by atoms with van der Waals surface area (Å²) in [4.78, 5) is 0. The van der Waals surface area contributed by atoms with Crippen LogP contribution in [0.2, 0.25) is 0 Å². The number of nitrogens with two attached hydrogens (primary N) is 1. The van der Waals surface area contributed by atoms with E-state index in [1.165, 1.54) is 5.56 Å². The Hall–Kier alpha value is -1.22. The molecule has 0 heterocycles. The Balaban J connectivity index is 2.45. The number of methoxy groups -OCH3 is 1. The van der Waals surface area contributed by atoms with Gasteiger partial charge in [0, 0.05) is 0 Å². The van der Waals surface area contributed by atoms with Gasteiger partial charge in [0.2, 0.25) is 0 Å². The molecule has 1 aromatic rings. The van der Waals surface area contributed by atoms with Gasteiger partial charge in [0.25, 0.3) is 0 Å². The molecule has 0 saturated heterocycles. The van der Waals surface area contributed by atoms with E-state index in [1.54, 1.807) is 7.11 Å². The zero-order valence-corrected chi connectivity index (χ0v) is 9.55. The van der Waals surface area contributed by atoms with Crippen molar-refractivity contribution < 1.29 is 4.74 Å². The van der Waals surface area contributed by atoms with Crippen molar-refractivity contribution in [2.45, 2.75) is 19.8 Å². The van der Waals surface area contributed by atoms with Crippen LogP contribution in [0.3, 0.4) is 0 Å². The van der Waals surface area contributed by atoms with Crippen molar-refractivity contribution in [3.05, 3.63) is 23.8 Å². The van der Waals surface area contributed by atoms with Gasteiger partial charge in [-0.05, 0) is 43.6 Å². The largest absolute Gasteiger partial charge is 0.495 e. The molecule has 3 heteroatoms. The van der Waals surface area contributed by atoms with Crippen molar-refractivity contribution >= 4 is 5.69 Å². The Labute approximate surface area is 91.6 Å². The van der Waals surface area contributed by atoms with E-state index >= 15 is 0 Å². The van der Waals surface area contributed by atoms with E-state index in [9.17, 15) is 0 Å². The Bertz CT molecular complexity index is 300. The average Bonchev–Trinajstić information content (AvgIpc) is 2.25. The highest BCUT2D eigenvalue weighted by molar-refractivity contribution is 5.54. The predicted molar refractivity (Wildman–Crippen MR) is 64.3 cm³/mol. The molecule has 0 fully saturated rings. The summed E-state index contributed by atoms with van der Waals surface area (Å²) in [6.07, 6.45) is 2.20. The molecular weight excluding hydrogens is 188 g/mol. The zero-order valence-electron chi connectivity index (χ0n) is 9.55. The number of benzene rings is 1. The highest BCUT2D eigenvalue weighted by Gasteiger charge is 2.00. The molecule has 0 aliphatic carbocycles. The van der Waals surface area contributed by atoms with Gasteiger partial charge in [-0.1, -0.05) is 13.0 Å². The van der Waals surface area contributed by atoms with Crippen LogP contribution in [0.15, 0.2) is 18.2 Å². The van der Waals surface area contributed by atoms with E-state index in [4.69, 9.17) is 10.5 Å². The van der Waals surface area contributed by atoms with Gasteiger partial charge < -0.3 is 15.8 Å². The second-order valence-corrected chi connectivity index (χ2v) is 3.53. The lowest BCUT2D eigenvalue weighted by Gasteiger charge is -2.07. The second-order valence-electron chi connectivity index (χ2n) is 3.53. The molecular formula is C12H20N2O. The van der Waals surface area contributed by atoms with Crippen LogP contribution in [0.4, 0.5) is 5.69 Å². The molecule has 0 aliphatic rings. The van der Waals surface area contributed by atoms with Crippen molar-refractivity contribution in [2.24, 2.45) is 0 Å². The Morgan fingerprint density at radius 1 is 1.40 bits per heavy atom. The molecule has 0 unspecified atom stereocenters. The molecule has 3 nitrogen and oxygen atoms in total. The number of hydrogen-bond acceptors (Lipinski definition) is 3. The molecule has 0 radical (unpaired) electrons. The summed E-state index contributed by atoms with van der Waals surface area (Å²) >= 11 is 0. The van der Waals surface area contributed by atoms with Gasteiger partial charge in [-0.25, -0.2) is 0 Å². The molecule has 0 aromatic heterocycles. The fourth-order valence-electron chi connectivity index (χ4n) is 1.53. The maximum atomic E-state index is 5.82. The molecule has 3 N–H and O–H groups in total. The number of ether oxygens (including phenoxy) is 1. The van der Waals surface area contributed by atoms with Gasteiger partial charge in [0.1, 0.15) is 5.75 Å². The number of nitrogens with one attached hydrogen (secondary N) is 1. The summed E-state index contributed by atoms with van der Waals surface area (Å²) in [7, 11) is 1.64. The van der Waals surface area contributed by atoms with Crippen LogP contribution < -0.4 is 15.8 Å². The van der Waals surface area contributed by atoms with Crippen molar-refractivity contribution in [3.8, 4) is 5.75 Å². The van der Waals surface area contributed by atoms with Gasteiger partial charge in [-0.3, -0.25) is 0 Å². The maximum Gasteiger partial charge on any atom is 0.141 e. The van der Waals surface area contributed by atoms with Crippen LogP contribution in [0.5, 0.6) is 5.75 Å². The fourth-order valence-corrected chi connectivity index (χ4v) is 1.53. The lowest BCUT2D eigenvalue weighted by atomic mass is 10.1. The molecule has 0 bridgehead atoms. The number of rotatable bonds is 6. The van der Waals surface area contributed by atoms with Gasteiger partial charge in [-0.2, -0.15) is 0 Å². The average molecular weight is 208 g/mol. The molecule has 1 aromatic carbocycles. The summed E-state index contributed by atoms with van der Waals surface area (Å²) in [6, 6.07) is 5.99. The molecule has 0 saturated carbocycles. The lowest BCUT2D eigenvalue weighted by Crippen LogP contribution is -2.14. The third kappa shape index (κ3) is 3.80. The standard InChI is InChI=1S/C12H20N2O/c1-3-14-8-4-5-10-6-7-12(15-2)11(13)9-10/h6-7,9,14H,3-5,8,13H2,1-2H3. The number of aryl methyl sites for hydroxylation is 1. The van der Waals surface area contributed by atoms with Crippen LogP contribution in [-0.2, 0) is 6.42 Å². The molecule has 0 aliphatic heterocycles. The molecule has 0 spiro atoms. The first-order chi connectivity index (χ1) is 7.27. The van der Waals surface area contributed by atoms with Crippen molar-refractivity contribution in [1.29, 1.82) is 0 Å². The molecule has 84 valence electrons. The molecule has 0 atom stereocenters. The predicted octanol–water partition coefficient (Wildman–Crippen LogP) is 1.82. The van der Waals surface area contributed by atoms with Crippen LogP contribution >= 0.6 is 0 Å². The summed E-state index contributed by atoms with van der Waals surface area (Å²) < 4.78 is 5.11. The van der Waals surface area contributed by atoms with Gasteiger partial charge in [0.05, 0.1) is 12.8 Å². The third-order valence-electron chi connectivity index (χ3n) is 2.36. The number of hydrogen-bond donors (Lipinski definition) is 2. The number of anilines is 1. The van der Waals surface area contributed by atoms with Crippen LogP contribution in [0.25, 0.3) is 0 Å². The number of nitrogen functional groups attached to an aromatic ring is 1. The minimum Gasteiger partial charge on any atom is -0.495 e. The minimum atomic E-state index is 0.721. The van der Waals surface area contributed by atoms with E-state index in [1.807, 2.05) is 12.1 Å². The Morgan fingerprint density at radius 3 is 2.80 bits per heavy atom. The van der Waals surface area contributed by atoms with E-state index in [0.717, 1.165) is 37.4 Å². The first kappa shape index (κ1) is 11.9. The van der Waals surface area contributed by atoms with Gasteiger partial charge in [0.15, 0.2) is 0 Å². The van der Waals surface area contributed by atoms with Gasteiger partial charge >= 0.3 is 0 Å². The first-order valence-electron chi connectivity index (χ1n) is 5.41. The van der Waals surface area contributed by atoms with E-state index in [-0.39, 0.29) is 0 Å². The van der Waals surface area contributed by atoms with Crippen molar-refractivity contribution in [2.75, 3.05) is 25.9 Å². The summed E-state index contributed by atoms with van der Waals surface area (Å²) in [5.41, 5.74) is 7.81. The van der Waals surface area contributed by atoms with E-state index in [2.05, 4.69) is 18.3 Å².